The van der Waals surface area contributed by atoms with E-state index in [0.29, 0.717) is 11.6 Å². The quantitative estimate of drug-likeness (QED) is 0.816. The molecule has 1 aromatic rings. The minimum absolute atomic E-state index is 0.401. The van der Waals surface area contributed by atoms with Gasteiger partial charge >= 0.3 is 0 Å². The van der Waals surface area contributed by atoms with E-state index in [9.17, 15) is 4.79 Å². The fourth-order valence-electron chi connectivity index (χ4n) is 2.82. The molecular weight excluding hydrogens is 238 g/mol. The molecule has 0 radical (unpaired) electrons. The smallest absolute Gasteiger partial charge is 0.248 e. The maximum Gasteiger partial charge on any atom is 0.248 e. The molecule has 4 heteroatoms. The third kappa shape index (κ3) is 3.47. The number of hydrogen-bond donors (Lipinski definition) is 2. The second kappa shape index (κ2) is 6.06. The number of primary amides is 1. The van der Waals surface area contributed by atoms with Gasteiger partial charge in [0.05, 0.1) is 0 Å². The van der Waals surface area contributed by atoms with Gasteiger partial charge < -0.3 is 11.5 Å². The van der Waals surface area contributed by atoms with E-state index in [-0.39, 0.29) is 0 Å². The molecule has 0 atom stereocenters. The van der Waals surface area contributed by atoms with Crippen LogP contribution in [0.3, 0.4) is 0 Å². The third-order valence-electron chi connectivity index (χ3n) is 4.05. The fraction of sp³-hybridized carbons (Fsp3) is 0.533. The van der Waals surface area contributed by atoms with Gasteiger partial charge in [-0.25, -0.2) is 0 Å². The maximum atomic E-state index is 11.2. The molecular formula is C15H23N3O. The summed E-state index contributed by atoms with van der Waals surface area (Å²) in [6.45, 7) is 0.775. The molecule has 1 aliphatic carbocycles. The minimum atomic E-state index is -0.401. The van der Waals surface area contributed by atoms with Crippen LogP contribution < -0.4 is 11.5 Å². The zero-order valence-corrected chi connectivity index (χ0v) is 11.6. The second-order valence-corrected chi connectivity index (χ2v) is 5.48. The highest BCUT2D eigenvalue weighted by Gasteiger charge is 2.18. The molecule has 19 heavy (non-hydrogen) atoms. The summed E-state index contributed by atoms with van der Waals surface area (Å²) in [6, 6.07) is 5.90. The molecule has 0 bridgehead atoms. The molecule has 0 unspecified atom stereocenters. The van der Waals surface area contributed by atoms with E-state index in [1.54, 1.807) is 12.1 Å². The highest BCUT2D eigenvalue weighted by atomic mass is 16.1. The number of nitrogens with two attached hydrogens (primary N) is 2. The molecule has 1 amide bonds. The first kappa shape index (κ1) is 13.9. The standard InChI is InChI=1S/C15H23N3O/c1-18(13-5-3-2-4-6-13)10-12-9-11(15(17)19)7-8-14(12)16/h7-9,13H,2-6,10,16H2,1H3,(H2,17,19). The molecule has 1 aromatic carbocycles. The molecule has 0 spiro atoms. The Kier molecular flexibility index (Phi) is 4.43. The Morgan fingerprint density at radius 2 is 2.00 bits per heavy atom. The van der Waals surface area contributed by atoms with Gasteiger partial charge in [0.1, 0.15) is 0 Å². The van der Waals surface area contributed by atoms with Crippen molar-refractivity contribution >= 4 is 11.6 Å². The van der Waals surface area contributed by atoms with Crippen LogP contribution in [0.15, 0.2) is 18.2 Å². The molecule has 2 rings (SSSR count). The van der Waals surface area contributed by atoms with E-state index in [2.05, 4.69) is 11.9 Å². The zero-order chi connectivity index (χ0) is 13.8. The number of carbonyl (C=O) groups excluding carboxylic acids is 1. The highest BCUT2D eigenvalue weighted by molar-refractivity contribution is 5.93. The van der Waals surface area contributed by atoms with Crippen molar-refractivity contribution in [3.8, 4) is 0 Å². The first-order valence-corrected chi connectivity index (χ1v) is 6.96. The number of benzene rings is 1. The Morgan fingerprint density at radius 3 is 2.63 bits per heavy atom. The second-order valence-electron chi connectivity index (χ2n) is 5.48. The minimum Gasteiger partial charge on any atom is -0.398 e. The lowest BCUT2D eigenvalue weighted by Gasteiger charge is -2.31. The Balaban J connectivity index is 2.08. The largest absolute Gasteiger partial charge is 0.398 e. The third-order valence-corrected chi connectivity index (χ3v) is 4.05. The molecule has 1 fully saturated rings. The summed E-state index contributed by atoms with van der Waals surface area (Å²) < 4.78 is 0. The van der Waals surface area contributed by atoms with E-state index < -0.39 is 5.91 Å². The Morgan fingerprint density at radius 1 is 1.32 bits per heavy atom. The van der Waals surface area contributed by atoms with Crippen molar-refractivity contribution in [2.45, 2.75) is 44.7 Å². The summed E-state index contributed by atoms with van der Waals surface area (Å²) in [6.07, 6.45) is 6.49. The van der Waals surface area contributed by atoms with Gasteiger partial charge in [-0.1, -0.05) is 19.3 Å². The van der Waals surface area contributed by atoms with E-state index in [1.165, 1.54) is 32.1 Å². The van der Waals surface area contributed by atoms with Crippen molar-refractivity contribution < 1.29 is 4.79 Å². The predicted molar refractivity (Wildman–Crippen MR) is 77.7 cm³/mol. The molecule has 4 nitrogen and oxygen atoms in total. The maximum absolute atomic E-state index is 11.2. The van der Waals surface area contributed by atoms with E-state index >= 15 is 0 Å². The summed E-state index contributed by atoms with van der Waals surface area (Å²) >= 11 is 0. The van der Waals surface area contributed by atoms with Gasteiger partial charge in [0.25, 0.3) is 0 Å². The topological polar surface area (TPSA) is 72.3 Å². The Labute approximate surface area is 114 Å². The first-order chi connectivity index (χ1) is 9.08. The van der Waals surface area contributed by atoms with Crippen LogP contribution in [-0.4, -0.2) is 23.9 Å². The fourth-order valence-corrected chi connectivity index (χ4v) is 2.82. The average Bonchev–Trinajstić information content (AvgIpc) is 2.42. The predicted octanol–water partition coefficient (Wildman–Crippen LogP) is 2.13. The molecule has 0 heterocycles. The van der Waals surface area contributed by atoms with Crippen molar-refractivity contribution in [1.82, 2.24) is 4.90 Å². The van der Waals surface area contributed by atoms with Crippen molar-refractivity contribution in [2.75, 3.05) is 12.8 Å². The van der Waals surface area contributed by atoms with Crippen LogP contribution in [0.25, 0.3) is 0 Å². The van der Waals surface area contributed by atoms with E-state index in [1.807, 2.05) is 6.07 Å². The molecule has 104 valence electrons. The van der Waals surface area contributed by atoms with Crippen molar-refractivity contribution in [3.05, 3.63) is 29.3 Å². The number of hydrogen-bond acceptors (Lipinski definition) is 3. The van der Waals surface area contributed by atoms with Gasteiger partial charge in [-0.05, 0) is 43.7 Å². The normalized spacial score (nSPS) is 16.7. The van der Waals surface area contributed by atoms with Gasteiger partial charge in [0.15, 0.2) is 0 Å². The lowest BCUT2D eigenvalue weighted by Crippen LogP contribution is -2.33. The zero-order valence-electron chi connectivity index (χ0n) is 11.6. The van der Waals surface area contributed by atoms with Gasteiger partial charge in [0, 0.05) is 23.8 Å². The van der Waals surface area contributed by atoms with E-state index in [0.717, 1.165) is 17.8 Å². The number of amides is 1. The van der Waals surface area contributed by atoms with Crippen LogP contribution in [0.4, 0.5) is 5.69 Å². The van der Waals surface area contributed by atoms with Crippen LogP contribution in [0.2, 0.25) is 0 Å². The van der Waals surface area contributed by atoms with Crippen LogP contribution in [0.5, 0.6) is 0 Å². The number of anilines is 1. The highest BCUT2D eigenvalue weighted by Crippen LogP contribution is 2.24. The van der Waals surface area contributed by atoms with E-state index in [4.69, 9.17) is 11.5 Å². The monoisotopic (exact) mass is 261 g/mol. The number of nitrogens with zero attached hydrogens (tertiary/aromatic N) is 1. The molecule has 1 saturated carbocycles. The average molecular weight is 261 g/mol. The molecule has 4 N–H and O–H groups in total. The van der Waals surface area contributed by atoms with Gasteiger partial charge in [-0.2, -0.15) is 0 Å². The molecule has 0 saturated heterocycles. The van der Waals surface area contributed by atoms with Crippen molar-refractivity contribution in [2.24, 2.45) is 5.73 Å². The van der Waals surface area contributed by atoms with Gasteiger partial charge in [-0.15, -0.1) is 0 Å². The van der Waals surface area contributed by atoms with Crippen molar-refractivity contribution in [3.63, 3.8) is 0 Å². The molecule has 0 aromatic heterocycles. The van der Waals surface area contributed by atoms with Crippen molar-refractivity contribution in [1.29, 1.82) is 0 Å². The van der Waals surface area contributed by atoms with Crippen LogP contribution in [0, 0.1) is 0 Å². The van der Waals surface area contributed by atoms with Crippen LogP contribution in [-0.2, 0) is 6.54 Å². The number of carbonyl (C=O) groups is 1. The summed E-state index contributed by atoms with van der Waals surface area (Å²) in [5.74, 6) is -0.401. The summed E-state index contributed by atoms with van der Waals surface area (Å²) in [5, 5.41) is 0. The Bertz CT molecular complexity index is 453. The Hall–Kier alpha value is -1.55. The lowest BCUT2D eigenvalue weighted by atomic mass is 9.94. The molecule has 0 aliphatic heterocycles. The van der Waals surface area contributed by atoms with Crippen LogP contribution >= 0.6 is 0 Å². The number of nitrogen functional groups attached to an aromatic ring is 1. The summed E-state index contributed by atoms with van der Waals surface area (Å²) in [7, 11) is 2.13. The SMILES string of the molecule is CN(Cc1cc(C(N)=O)ccc1N)C1CCCCC1. The summed E-state index contributed by atoms with van der Waals surface area (Å²) in [5.41, 5.74) is 13.6. The first-order valence-electron chi connectivity index (χ1n) is 6.96. The van der Waals surface area contributed by atoms with Crippen LogP contribution in [0.1, 0.15) is 48.0 Å². The number of rotatable bonds is 4. The lowest BCUT2D eigenvalue weighted by molar-refractivity contribution is 0.1000. The molecule has 1 aliphatic rings. The summed E-state index contributed by atoms with van der Waals surface area (Å²) in [4.78, 5) is 13.6. The van der Waals surface area contributed by atoms with Gasteiger partial charge in [0.2, 0.25) is 5.91 Å². The van der Waals surface area contributed by atoms with Gasteiger partial charge in [-0.3, -0.25) is 9.69 Å².